The molecule has 162 valence electrons. The first kappa shape index (κ1) is 21.7. The highest BCUT2D eigenvalue weighted by molar-refractivity contribution is 9.10. The minimum atomic E-state index is 0.0976. The van der Waals surface area contributed by atoms with Gasteiger partial charge in [0.25, 0.3) is 0 Å². The largest absolute Gasteiger partial charge is 0.298 e. The van der Waals surface area contributed by atoms with E-state index in [2.05, 4.69) is 62.5 Å². The fourth-order valence-corrected chi connectivity index (χ4v) is 5.67. The van der Waals surface area contributed by atoms with Gasteiger partial charge in [0, 0.05) is 16.8 Å². The van der Waals surface area contributed by atoms with Crippen LogP contribution in [0.3, 0.4) is 0 Å². The number of ketones is 1. The number of aryl methyl sites for hydroxylation is 1. The Hall–Kier alpha value is -2.15. The standard InChI is InChI=1S/C25H21BrClN3OS/c1-15-6-7-17(22(27)12-15)13-18(31)14-32-25-29-28-24(26)30(25)23-11-10-19(16-8-9-16)20-4-2-3-5-21(20)23/h2-7,10-12,16H,8-9,13-14H2,1H3. The van der Waals surface area contributed by atoms with Gasteiger partial charge >= 0.3 is 0 Å². The van der Waals surface area contributed by atoms with Gasteiger partial charge in [0.2, 0.25) is 4.73 Å². The summed E-state index contributed by atoms with van der Waals surface area (Å²) in [5.41, 5.74) is 4.36. The molecule has 7 heteroatoms. The van der Waals surface area contributed by atoms with Crippen molar-refractivity contribution >= 4 is 55.8 Å². The minimum absolute atomic E-state index is 0.0976. The van der Waals surface area contributed by atoms with Crippen molar-refractivity contribution < 1.29 is 4.79 Å². The molecule has 0 spiro atoms. The molecule has 0 saturated heterocycles. The third-order valence-corrected chi connectivity index (χ3v) is 7.60. The lowest BCUT2D eigenvalue weighted by atomic mass is 9.99. The average molecular weight is 527 g/mol. The quantitative estimate of drug-likeness (QED) is 0.245. The van der Waals surface area contributed by atoms with Gasteiger partial charge < -0.3 is 0 Å². The van der Waals surface area contributed by atoms with Gasteiger partial charge in [-0.05, 0) is 75.8 Å². The van der Waals surface area contributed by atoms with Crippen LogP contribution in [0.25, 0.3) is 16.5 Å². The molecule has 3 aromatic carbocycles. The van der Waals surface area contributed by atoms with Crippen molar-refractivity contribution in [2.24, 2.45) is 0 Å². The van der Waals surface area contributed by atoms with E-state index in [9.17, 15) is 4.79 Å². The highest BCUT2D eigenvalue weighted by Gasteiger charge is 2.26. The van der Waals surface area contributed by atoms with Gasteiger partial charge in [-0.15, -0.1) is 10.2 Å². The number of hydrogen-bond acceptors (Lipinski definition) is 4. The number of halogens is 2. The summed E-state index contributed by atoms with van der Waals surface area (Å²) in [5, 5.41) is 12.3. The maximum atomic E-state index is 12.7. The van der Waals surface area contributed by atoms with E-state index in [1.807, 2.05) is 29.7 Å². The number of nitrogens with zero attached hydrogens (tertiary/aromatic N) is 3. The van der Waals surface area contributed by atoms with Crippen molar-refractivity contribution in [1.82, 2.24) is 14.8 Å². The van der Waals surface area contributed by atoms with E-state index in [1.54, 1.807) is 0 Å². The second-order valence-electron chi connectivity index (χ2n) is 8.18. The summed E-state index contributed by atoms with van der Waals surface area (Å²) < 4.78 is 2.61. The van der Waals surface area contributed by atoms with Crippen molar-refractivity contribution in [2.75, 3.05) is 5.75 Å². The lowest BCUT2D eigenvalue weighted by Gasteiger charge is -2.14. The number of hydrogen-bond donors (Lipinski definition) is 0. The molecule has 1 heterocycles. The van der Waals surface area contributed by atoms with Gasteiger partial charge in [0.1, 0.15) is 5.78 Å². The molecule has 0 N–H and O–H groups in total. The van der Waals surface area contributed by atoms with E-state index in [0.717, 1.165) is 22.2 Å². The van der Waals surface area contributed by atoms with E-state index >= 15 is 0 Å². The molecule has 1 aliphatic carbocycles. The molecule has 4 aromatic rings. The van der Waals surface area contributed by atoms with E-state index in [4.69, 9.17) is 11.6 Å². The average Bonchev–Trinajstić information content (AvgIpc) is 3.56. The summed E-state index contributed by atoms with van der Waals surface area (Å²) in [6.45, 7) is 1.99. The number of benzene rings is 3. The van der Waals surface area contributed by atoms with Crippen LogP contribution < -0.4 is 0 Å². The molecule has 0 aliphatic heterocycles. The fourth-order valence-electron chi connectivity index (χ4n) is 4.00. The van der Waals surface area contributed by atoms with Crippen LogP contribution in [0, 0.1) is 6.92 Å². The van der Waals surface area contributed by atoms with Crippen LogP contribution in [-0.4, -0.2) is 26.3 Å². The van der Waals surface area contributed by atoms with Crippen molar-refractivity contribution in [1.29, 1.82) is 0 Å². The molecule has 0 radical (unpaired) electrons. The fraction of sp³-hybridized carbons (Fsp3) is 0.240. The molecular weight excluding hydrogens is 506 g/mol. The van der Waals surface area contributed by atoms with Crippen molar-refractivity contribution in [2.45, 2.75) is 37.3 Å². The topological polar surface area (TPSA) is 47.8 Å². The Bertz CT molecular complexity index is 1330. The third kappa shape index (κ3) is 4.36. The molecule has 1 saturated carbocycles. The third-order valence-electron chi connectivity index (χ3n) is 5.75. The molecule has 5 rings (SSSR count). The van der Waals surface area contributed by atoms with Crippen LogP contribution in [0.1, 0.15) is 35.4 Å². The number of fused-ring (bicyclic) bond motifs is 1. The Labute approximate surface area is 204 Å². The summed E-state index contributed by atoms with van der Waals surface area (Å²) in [6, 6.07) is 18.6. The maximum Gasteiger partial charge on any atom is 0.205 e. The molecule has 4 nitrogen and oxygen atoms in total. The predicted octanol–water partition coefficient (Wildman–Crippen LogP) is 6.93. The number of aromatic nitrogens is 3. The van der Waals surface area contributed by atoms with Gasteiger partial charge in [0.05, 0.1) is 11.4 Å². The number of thioether (sulfide) groups is 1. The van der Waals surface area contributed by atoms with Crippen molar-refractivity contribution in [3.05, 3.63) is 81.0 Å². The zero-order valence-electron chi connectivity index (χ0n) is 17.5. The minimum Gasteiger partial charge on any atom is -0.298 e. The second-order valence-corrected chi connectivity index (χ2v) is 10.2. The summed E-state index contributed by atoms with van der Waals surface area (Å²) in [6.07, 6.45) is 2.82. The number of Topliss-reactive ketones (excluding diaryl/α,β-unsaturated/α-hetero) is 1. The van der Waals surface area contributed by atoms with Gasteiger partial charge in [0.15, 0.2) is 5.16 Å². The molecule has 1 aliphatic rings. The lowest BCUT2D eigenvalue weighted by molar-refractivity contribution is -0.116. The maximum absolute atomic E-state index is 12.7. The monoisotopic (exact) mass is 525 g/mol. The molecular formula is C25H21BrClN3OS. The summed E-state index contributed by atoms with van der Waals surface area (Å²) in [7, 11) is 0. The van der Waals surface area contributed by atoms with Crippen molar-refractivity contribution in [3.8, 4) is 5.69 Å². The van der Waals surface area contributed by atoms with Gasteiger partial charge in [-0.1, -0.05) is 65.8 Å². The molecule has 0 amide bonds. The summed E-state index contributed by atoms with van der Waals surface area (Å²) in [5.74, 6) is 1.06. The van der Waals surface area contributed by atoms with Gasteiger partial charge in [-0.2, -0.15) is 0 Å². The first-order chi connectivity index (χ1) is 15.5. The highest BCUT2D eigenvalue weighted by atomic mass is 79.9. The Morgan fingerprint density at radius 3 is 2.66 bits per heavy atom. The molecule has 0 bridgehead atoms. The number of carbonyl (C=O) groups excluding carboxylic acids is 1. The molecule has 1 aromatic heterocycles. The van der Waals surface area contributed by atoms with E-state index in [0.29, 0.717) is 33.0 Å². The van der Waals surface area contributed by atoms with E-state index in [-0.39, 0.29) is 5.78 Å². The molecule has 32 heavy (non-hydrogen) atoms. The van der Waals surface area contributed by atoms with Crippen LogP contribution in [0.5, 0.6) is 0 Å². The Morgan fingerprint density at radius 2 is 1.91 bits per heavy atom. The molecule has 1 fully saturated rings. The van der Waals surface area contributed by atoms with E-state index in [1.165, 1.54) is 35.6 Å². The summed E-state index contributed by atoms with van der Waals surface area (Å²) >= 11 is 11.2. The zero-order chi connectivity index (χ0) is 22.2. The second kappa shape index (κ2) is 9.00. The Morgan fingerprint density at radius 1 is 1.12 bits per heavy atom. The Kier molecular flexibility index (Phi) is 6.10. The van der Waals surface area contributed by atoms with Gasteiger partial charge in [-0.25, -0.2) is 0 Å². The summed E-state index contributed by atoms with van der Waals surface area (Å²) in [4.78, 5) is 12.7. The first-order valence-corrected chi connectivity index (χ1v) is 12.7. The number of carbonyl (C=O) groups is 1. The first-order valence-electron chi connectivity index (χ1n) is 10.5. The van der Waals surface area contributed by atoms with Crippen LogP contribution in [-0.2, 0) is 11.2 Å². The van der Waals surface area contributed by atoms with Crippen LogP contribution in [0.4, 0.5) is 0 Å². The SMILES string of the molecule is Cc1ccc(CC(=O)CSc2nnc(Br)n2-c2ccc(C3CC3)c3ccccc23)c(Cl)c1. The van der Waals surface area contributed by atoms with E-state index < -0.39 is 0 Å². The lowest BCUT2D eigenvalue weighted by Crippen LogP contribution is -2.08. The number of rotatable bonds is 7. The van der Waals surface area contributed by atoms with Gasteiger partial charge in [-0.3, -0.25) is 9.36 Å². The Balaban J connectivity index is 1.41. The van der Waals surface area contributed by atoms with Crippen LogP contribution >= 0.6 is 39.3 Å². The molecule has 0 atom stereocenters. The van der Waals surface area contributed by atoms with Crippen LogP contribution in [0.15, 0.2) is 64.5 Å². The normalized spacial score (nSPS) is 13.6. The highest BCUT2D eigenvalue weighted by Crippen LogP contribution is 2.44. The smallest absolute Gasteiger partial charge is 0.205 e. The molecule has 0 unspecified atom stereocenters. The van der Waals surface area contributed by atoms with Crippen molar-refractivity contribution in [3.63, 3.8) is 0 Å². The predicted molar refractivity (Wildman–Crippen MR) is 134 cm³/mol. The zero-order valence-corrected chi connectivity index (χ0v) is 20.7. The van der Waals surface area contributed by atoms with Crippen LogP contribution in [0.2, 0.25) is 5.02 Å².